The lowest BCUT2D eigenvalue weighted by Crippen LogP contribution is -2.43. The van der Waals surface area contributed by atoms with E-state index in [-0.39, 0.29) is 32.3 Å². The first-order chi connectivity index (χ1) is 12.1. The van der Waals surface area contributed by atoms with Gasteiger partial charge in [-0.25, -0.2) is 4.79 Å². The van der Waals surface area contributed by atoms with E-state index in [1.165, 1.54) is 0 Å². The Morgan fingerprint density at radius 3 is 2.96 bits per heavy atom. The molecule has 7 nitrogen and oxygen atoms in total. The molecule has 3 rings (SSSR count). The summed E-state index contributed by atoms with van der Waals surface area (Å²) in [5.41, 5.74) is 0.906. The molecule has 2 aliphatic rings. The molecule has 1 aromatic rings. The molecule has 25 heavy (non-hydrogen) atoms. The minimum atomic E-state index is -0.613. The van der Waals surface area contributed by atoms with Gasteiger partial charge in [0, 0.05) is 22.1 Å². The number of benzene rings is 1. The minimum absolute atomic E-state index is 0.0919. The normalized spacial score (nSPS) is 25.0. The lowest BCUT2D eigenvalue weighted by atomic mass is 9.91. The third-order valence-electron chi connectivity index (χ3n) is 4.01. The molecular formula is C17H18INO6. The maximum absolute atomic E-state index is 12.4. The third-order valence-corrected chi connectivity index (χ3v) is 4.68. The zero-order valence-electron chi connectivity index (χ0n) is 13.3. The number of rotatable bonds is 5. The smallest absolute Gasteiger partial charge is 0.338 e. The van der Waals surface area contributed by atoms with Crippen LogP contribution < -0.4 is 5.32 Å². The first kappa shape index (κ1) is 18.3. The molecule has 0 radical (unpaired) electrons. The molecule has 0 aromatic heterocycles. The highest BCUT2D eigenvalue weighted by atomic mass is 127. The summed E-state index contributed by atoms with van der Waals surface area (Å²) in [6.45, 7) is 0.110. The van der Waals surface area contributed by atoms with Crippen LogP contribution in [0.3, 0.4) is 0 Å². The van der Waals surface area contributed by atoms with Crippen molar-refractivity contribution >= 4 is 34.5 Å². The number of aliphatic hydroxyl groups excluding tert-OH is 1. The highest BCUT2D eigenvalue weighted by Gasteiger charge is 2.42. The second kappa shape index (κ2) is 8.26. The predicted molar refractivity (Wildman–Crippen MR) is 95.8 cm³/mol. The molecule has 1 heterocycles. The van der Waals surface area contributed by atoms with E-state index in [0.29, 0.717) is 11.1 Å². The van der Waals surface area contributed by atoms with Crippen molar-refractivity contribution in [3.63, 3.8) is 0 Å². The monoisotopic (exact) mass is 459 g/mol. The molecule has 1 saturated heterocycles. The largest absolute Gasteiger partial charge is 0.456 e. The SMILES string of the molecule is O=C(NCCO)C1=C[C@H]2OCO[C@H]2[C@H](OC(=O)c2cccc(I)c2)C1. The number of ether oxygens (including phenoxy) is 3. The molecule has 1 fully saturated rings. The van der Waals surface area contributed by atoms with Gasteiger partial charge in [-0.05, 0) is 46.9 Å². The van der Waals surface area contributed by atoms with Crippen molar-refractivity contribution in [3.8, 4) is 0 Å². The maximum Gasteiger partial charge on any atom is 0.338 e. The molecule has 0 spiro atoms. The average Bonchev–Trinajstić information content (AvgIpc) is 3.08. The quantitative estimate of drug-likeness (QED) is 0.504. The van der Waals surface area contributed by atoms with E-state index in [1.54, 1.807) is 24.3 Å². The maximum atomic E-state index is 12.4. The van der Waals surface area contributed by atoms with Gasteiger partial charge in [-0.1, -0.05) is 6.07 Å². The van der Waals surface area contributed by atoms with Crippen molar-refractivity contribution in [2.75, 3.05) is 19.9 Å². The lowest BCUT2D eigenvalue weighted by Gasteiger charge is -2.30. The van der Waals surface area contributed by atoms with Crippen LogP contribution >= 0.6 is 22.6 Å². The Morgan fingerprint density at radius 2 is 2.20 bits per heavy atom. The Hall–Kier alpha value is -1.49. The molecule has 2 N–H and O–H groups in total. The van der Waals surface area contributed by atoms with Crippen LogP contribution in [0.4, 0.5) is 0 Å². The summed E-state index contributed by atoms with van der Waals surface area (Å²) in [5, 5.41) is 11.4. The molecule has 3 atom stereocenters. The fraction of sp³-hybridized carbons (Fsp3) is 0.412. The minimum Gasteiger partial charge on any atom is -0.456 e. The van der Waals surface area contributed by atoms with Gasteiger partial charge in [0.25, 0.3) is 0 Å². The summed E-state index contributed by atoms with van der Waals surface area (Å²) >= 11 is 2.12. The van der Waals surface area contributed by atoms with E-state index in [4.69, 9.17) is 19.3 Å². The fourth-order valence-corrected chi connectivity index (χ4v) is 3.37. The standard InChI is InChI=1S/C17H18INO6/c18-12-3-1-2-10(6-12)17(22)25-14-8-11(16(21)19-4-5-20)7-13-15(14)24-9-23-13/h1-3,6-7,13-15,20H,4-5,8-9H2,(H,19,21)/t13-,14-,15-/m1/s1. The van der Waals surface area contributed by atoms with Gasteiger partial charge in [-0.2, -0.15) is 0 Å². The third kappa shape index (κ3) is 4.38. The van der Waals surface area contributed by atoms with Gasteiger partial charge in [0.05, 0.1) is 12.2 Å². The predicted octanol–water partition coefficient (Wildman–Crippen LogP) is 0.997. The van der Waals surface area contributed by atoms with Gasteiger partial charge >= 0.3 is 5.97 Å². The number of halogens is 1. The molecule has 1 amide bonds. The Labute approximate surface area is 158 Å². The molecule has 1 aromatic carbocycles. The number of amides is 1. The molecule has 0 bridgehead atoms. The summed E-state index contributed by atoms with van der Waals surface area (Å²) in [6, 6.07) is 7.08. The van der Waals surface area contributed by atoms with Gasteiger partial charge in [-0.3, -0.25) is 4.79 Å². The van der Waals surface area contributed by atoms with Crippen LogP contribution in [0.2, 0.25) is 0 Å². The first-order valence-corrected chi connectivity index (χ1v) is 8.96. The summed E-state index contributed by atoms with van der Waals surface area (Å²) < 4.78 is 17.5. The Bertz CT molecular complexity index is 691. The molecule has 0 saturated carbocycles. The Morgan fingerprint density at radius 1 is 1.36 bits per heavy atom. The number of hydrogen-bond donors (Lipinski definition) is 2. The first-order valence-electron chi connectivity index (χ1n) is 7.88. The molecule has 134 valence electrons. The van der Waals surface area contributed by atoms with Gasteiger partial charge in [0.1, 0.15) is 25.1 Å². The van der Waals surface area contributed by atoms with Crippen LogP contribution in [-0.2, 0) is 19.0 Å². The van der Waals surface area contributed by atoms with Crippen molar-refractivity contribution in [3.05, 3.63) is 45.0 Å². The summed E-state index contributed by atoms with van der Waals surface area (Å²) in [7, 11) is 0. The van der Waals surface area contributed by atoms with E-state index >= 15 is 0 Å². The van der Waals surface area contributed by atoms with Crippen molar-refractivity contribution in [2.45, 2.75) is 24.7 Å². The van der Waals surface area contributed by atoms with Gasteiger partial charge in [0.2, 0.25) is 5.91 Å². The highest BCUT2D eigenvalue weighted by molar-refractivity contribution is 14.1. The lowest BCUT2D eigenvalue weighted by molar-refractivity contribution is -0.118. The van der Waals surface area contributed by atoms with Crippen molar-refractivity contribution in [1.82, 2.24) is 5.32 Å². The number of carbonyl (C=O) groups is 2. The van der Waals surface area contributed by atoms with E-state index < -0.39 is 24.3 Å². The Balaban J connectivity index is 1.73. The van der Waals surface area contributed by atoms with Crippen LogP contribution in [0.25, 0.3) is 0 Å². The number of fused-ring (bicyclic) bond motifs is 1. The zero-order chi connectivity index (χ0) is 17.8. The highest BCUT2D eigenvalue weighted by Crippen LogP contribution is 2.30. The fourth-order valence-electron chi connectivity index (χ4n) is 2.83. The number of nitrogens with one attached hydrogen (secondary N) is 1. The topological polar surface area (TPSA) is 94.1 Å². The second-order valence-electron chi connectivity index (χ2n) is 5.71. The van der Waals surface area contributed by atoms with Crippen LogP contribution in [0.1, 0.15) is 16.8 Å². The summed E-state index contributed by atoms with van der Waals surface area (Å²) in [4.78, 5) is 24.6. The zero-order valence-corrected chi connectivity index (χ0v) is 15.5. The van der Waals surface area contributed by atoms with E-state index in [2.05, 4.69) is 27.9 Å². The van der Waals surface area contributed by atoms with Gasteiger partial charge in [0.15, 0.2) is 0 Å². The summed E-state index contributed by atoms with van der Waals surface area (Å²) in [5.74, 6) is -0.770. The number of hydrogen-bond acceptors (Lipinski definition) is 6. The molecule has 8 heteroatoms. The Kier molecular flexibility index (Phi) is 6.05. The molecule has 1 aliphatic carbocycles. The summed E-state index contributed by atoms with van der Waals surface area (Å²) in [6.07, 6.45) is 0.452. The van der Waals surface area contributed by atoms with Gasteiger partial charge < -0.3 is 24.6 Å². The number of carbonyl (C=O) groups excluding carboxylic acids is 2. The van der Waals surface area contributed by atoms with E-state index in [9.17, 15) is 9.59 Å². The molecule has 0 unspecified atom stereocenters. The average molecular weight is 459 g/mol. The molecular weight excluding hydrogens is 441 g/mol. The van der Waals surface area contributed by atoms with Crippen LogP contribution in [0.5, 0.6) is 0 Å². The van der Waals surface area contributed by atoms with E-state index in [0.717, 1.165) is 3.57 Å². The number of aliphatic hydroxyl groups is 1. The van der Waals surface area contributed by atoms with E-state index in [1.807, 2.05) is 6.07 Å². The van der Waals surface area contributed by atoms with Crippen molar-refractivity contribution < 1.29 is 28.9 Å². The van der Waals surface area contributed by atoms with Crippen molar-refractivity contribution in [1.29, 1.82) is 0 Å². The van der Waals surface area contributed by atoms with Crippen molar-refractivity contribution in [2.24, 2.45) is 0 Å². The second-order valence-corrected chi connectivity index (χ2v) is 6.96. The van der Waals surface area contributed by atoms with Crippen LogP contribution in [-0.4, -0.2) is 55.2 Å². The number of esters is 1. The van der Waals surface area contributed by atoms with Gasteiger partial charge in [-0.15, -0.1) is 0 Å². The van der Waals surface area contributed by atoms with Crippen LogP contribution in [0, 0.1) is 3.57 Å². The van der Waals surface area contributed by atoms with Crippen LogP contribution in [0.15, 0.2) is 35.9 Å². The molecule has 1 aliphatic heterocycles.